The van der Waals surface area contributed by atoms with E-state index in [1.807, 2.05) is 12.1 Å². The third kappa shape index (κ3) is 4.31. The molecular weight excluding hydrogens is 294 g/mol. The van der Waals surface area contributed by atoms with Crippen molar-refractivity contribution in [2.24, 2.45) is 5.10 Å². The van der Waals surface area contributed by atoms with Gasteiger partial charge in [0.2, 0.25) is 11.8 Å². The van der Waals surface area contributed by atoms with E-state index < -0.39 is 0 Å². The van der Waals surface area contributed by atoms with Crippen molar-refractivity contribution in [1.82, 2.24) is 10.7 Å². The number of ether oxygens (including phenoxy) is 1. The molecule has 0 bridgehead atoms. The maximum atomic E-state index is 11.9. The fourth-order valence-corrected chi connectivity index (χ4v) is 2.76. The highest BCUT2D eigenvalue weighted by Crippen LogP contribution is 2.25. The van der Waals surface area contributed by atoms with Crippen LogP contribution in [0.2, 0.25) is 0 Å². The van der Waals surface area contributed by atoms with Crippen molar-refractivity contribution in [2.45, 2.75) is 45.1 Å². The highest BCUT2D eigenvalue weighted by atomic mass is 16.5. The van der Waals surface area contributed by atoms with Gasteiger partial charge < -0.3 is 10.1 Å². The summed E-state index contributed by atoms with van der Waals surface area (Å²) in [6.45, 7) is 1.31. The SMILES string of the molecule is O=C(CCC1=NNC(=O)CC1)NCc1ccc2c(c1)CCCO2. The summed E-state index contributed by atoms with van der Waals surface area (Å²) in [5.74, 6) is 0.900. The van der Waals surface area contributed by atoms with Crippen LogP contribution in [0, 0.1) is 0 Å². The van der Waals surface area contributed by atoms with Gasteiger partial charge in [-0.05, 0) is 42.9 Å². The van der Waals surface area contributed by atoms with Crippen LogP contribution < -0.4 is 15.5 Å². The van der Waals surface area contributed by atoms with Crippen LogP contribution in [0.4, 0.5) is 0 Å². The molecule has 0 atom stereocenters. The second-order valence-corrected chi connectivity index (χ2v) is 5.88. The van der Waals surface area contributed by atoms with Crippen LogP contribution in [0.3, 0.4) is 0 Å². The van der Waals surface area contributed by atoms with E-state index in [9.17, 15) is 9.59 Å². The van der Waals surface area contributed by atoms with E-state index >= 15 is 0 Å². The van der Waals surface area contributed by atoms with Gasteiger partial charge in [-0.2, -0.15) is 5.10 Å². The Morgan fingerprint density at radius 3 is 3.04 bits per heavy atom. The smallest absolute Gasteiger partial charge is 0.240 e. The van der Waals surface area contributed by atoms with Crippen molar-refractivity contribution in [3.05, 3.63) is 29.3 Å². The molecule has 2 N–H and O–H groups in total. The maximum absolute atomic E-state index is 11.9. The molecule has 0 spiro atoms. The average Bonchev–Trinajstić information content (AvgIpc) is 2.59. The molecule has 3 rings (SSSR count). The summed E-state index contributed by atoms with van der Waals surface area (Å²) in [5, 5.41) is 6.90. The van der Waals surface area contributed by atoms with Gasteiger partial charge in [0.25, 0.3) is 0 Å². The van der Waals surface area contributed by atoms with Gasteiger partial charge in [0, 0.05) is 25.1 Å². The zero-order chi connectivity index (χ0) is 16.1. The van der Waals surface area contributed by atoms with E-state index in [1.165, 1.54) is 5.56 Å². The molecule has 122 valence electrons. The Bertz CT molecular complexity index is 640. The molecule has 2 aliphatic heterocycles. The first-order valence-electron chi connectivity index (χ1n) is 8.06. The fraction of sp³-hybridized carbons (Fsp3) is 0.471. The van der Waals surface area contributed by atoms with Crippen molar-refractivity contribution in [1.29, 1.82) is 0 Å². The van der Waals surface area contributed by atoms with Crippen molar-refractivity contribution in [2.75, 3.05) is 6.61 Å². The summed E-state index contributed by atoms with van der Waals surface area (Å²) in [6.07, 6.45) is 4.15. The van der Waals surface area contributed by atoms with Crippen LogP contribution in [-0.2, 0) is 22.6 Å². The fourth-order valence-electron chi connectivity index (χ4n) is 2.76. The highest BCUT2D eigenvalue weighted by molar-refractivity contribution is 5.94. The number of hydrogen-bond donors (Lipinski definition) is 2. The Hall–Kier alpha value is -2.37. The molecule has 6 heteroatoms. The molecule has 2 heterocycles. The second kappa shape index (κ2) is 7.26. The molecule has 0 radical (unpaired) electrons. The zero-order valence-electron chi connectivity index (χ0n) is 13.1. The molecule has 0 saturated heterocycles. The number of nitrogens with one attached hydrogen (secondary N) is 2. The molecule has 0 unspecified atom stereocenters. The molecule has 2 aliphatic rings. The Morgan fingerprint density at radius 2 is 2.22 bits per heavy atom. The van der Waals surface area contributed by atoms with Gasteiger partial charge in [-0.15, -0.1) is 0 Å². The normalized spacial score (nSPS) is 16.7. The summed E-state index contributed by atoms with van der Waals surface area (Å²) < 4.78 is 5.59. The number of amides is 2. The minimum Gasteiger partial charge on any atom is -0.493 e. The highest BCUT2D eigenvalue weighted by Gasteiger charge is 2.13. The number of benzene rings is 1. The van der Waals surface area contributed by atoms with Gasteiger partial charge in [0.05, 0.1) is 6.61 Å². The third-order valence-electron chi connectivity index (χ3n) is 4.08. The number of hydrogen-bond acceptors (Lipinski definition) is 4. The Morgan fingerprint density at radius 1 is 1.30 bits per heavy atom. The Labute approximate surface area is 135 Å². The molecule has 0 aliphatic carbocycles. The van der Waals surface area contributed by atoms with E-state index in [0.29, 0.717) is 32.2 Å². The number of carbonyl (C=O) groups is 2. The summed E-state index contributed by atoms with van der Waals surface area (Å²) in [4.78, 5) is 22.9. The standard InChI is InChI=1S/C17H21N3O3/c21-16(7-4-14-5-8-17(22)20-19-14)18-11-12-3-6-15-13(10-12)2-1-9-23-15/h3,6,10H,1-2,4-5,7-9,11H2,(H,18,21)(H,20,22). The lowest BCUT2D eigenvalue weighted by molar-refractivity contribution is -0.121. The third-order valence-corrected chi connectivity index (χ3v) is 4.08. The van der Waals surface area contributed by atoms with E-state index in [2.05, 4.69) is 21.9 Å². The van der Waals surface area contributed by atoms with E-state index in [-0.39, 0.29) is 11.8 Å². The molecule has 0 aromatic heterocycles. The van der Waals surface area contributed by atoms with Crippen LogP contribution in [0.25, 0.3) is 0 Å². The Balaban J connectivity index is 1.45. The summed E-state index contributed by atoms with van der Waals surface area (Å²) in [5.41, 5.74) is 5.63. The maximum Gasteiger partial charge on any atom is 0.240 e. The average molecular weight is 315 g/mol. The van der Waals surface area contributed by atoms with Crippen molar-refractivity contribution >= 4 is 17.5 Å². The molecule has 1 aromatic carbocycles. The largest absolute Gasteiger partial charge is 0.493 e. The predicted octanol–water partition coefficient (Wildman–Crippen LogP) is 1.67. The predicted molar refractivity (Wildman–Crippen MR) is 86.2 cm³/mol. The van der Waals surface area contributed by atoms with Crippen molar-refractivity contribution in [3.8, 4) is 5.75 Å². The molecule has 23 heavy (non-hydrogen) atoms. The van der Waals surface area contributed by atoms with Crippen LogP contribution in [0.5, 0.6) is 5.75 Å². The van der Waals surface area contributed by atoms with E-state index in [0.717, 1.165) is 36.5 Å². The zero-order valence-corrected chi connectivity index (χ0v) is 13.1. The first kappa shape index (κ1) is 15.5. The van der Waals surface area contributed by atoms with Crippen LogP contribution in [-0.4, -0.2) is 24.1 Å². The second-order valence-electron chi connectivity index (χ2n) is 5.88. The number of hydrazone groups is 1. The van der Waals surface area contributed by atoms with Crippen LogP contribution >= 0.6 is 0 Å². The van der Waals surface area contributed by atoms with Gasteiger partial charge in [-0.25, -0.2) is 5.43 Å². The number of nitrogens with zero attached hydrogens (tertiary/aromatic N) is 1. The van der Waals surface area contributed by atoms with E-state index in [4.69, 9.17) is 4.74 Å². The molecular formula is C17H21N3O3. The summed E-state index contributed by atoms with van der Waals surface area (Å²) in [6, 6.07) is 6.08. The Kier molecular flexibility index (Phi) is 4.90. The molecule has 0 saturated carbocycles. The summed E-state index contributed by atoms with van der Waals surface area (Å²) in [7, 11) is 0. The minimum absolute atomic E-state index is 0.00132. The molecule has 6 nitrogen and oxygen atoms in total. The van der Waals surface area contributed by atoms with Gasteiger partial charge in [-0.1, -0.05) is 12.1 Å². The number of aryl methyl sites for hydroxylation is 1. The van der Waals surface area contributed by atoms with Crippen LogP contribution in [0.1, 0.15) is 43.2 Å². The first-order valence-corrected chi connectivity index (χ1v) is 8.06. The quantitative estimate of drug-likeness (QED) is 0.867. The van der Waals surface area contributed by atoms with Crippen LogP contribution in [0.15, 0.2) is 23.3 Å². The number of fused-ring (bicyclic) bond motifs is 1. The lowest BCUT2D eigenvalue weighted by Gasteiger charge is -2.18. The first-order chi connectivity index (χ1) is 11.2. The molecule has 1 aromatic rings. The van der Waals surface area contributed by atoms with Gasteiger partial charge in [-0.3, -0.25) is 9.59 Å². The van der Waals surface area contributed by atoms with E-state index in [1.54, 1.807) is 0 Å². The topological polar surface area (TPSA) is 79.8 Å². The van der Waals surface area contributed by atoms with Gasteiger partial charge in [0.15, 0.2) is 0 Å². The number of rotatable bonds is 5. The van der Waals surface area contributed by atoms with Gasteiger partial charge >= 0.3 is 0 Å². The molecule has 2 amide bonds. The van der Waals surface area contributed by atoms with Gasteiger partial charge in [0.1, 0.15) is 5.75 Å². The lowest BCUT2D eigenvalue weighted by Crippen LogP contribution is -2.27. The summed E-state index contributed by atoms with van der Waals surface area (Å²) >= 11 is 0. The lowest BCUT2D eigenvalue weighted by atomic mass is 10.0. The molecule has 0 fully saturated rings. The minimum atomic E-state index is -0.0606. The van der Waals surface area contributed by atoms with Crippen molar-refractivity contribution < 1.29 is 14.3 Å². The monoisotopic (exact) mass is 315 g/mol. The number of carbonyl (C=O) groups excluding carboxylic acids is 2. The van der Waals surface area contributed by atoms with Crippen molar-refractivity contribution in [3.63, 3.8) is 0 Å².